The molecule has 2 rings (SSSR count). The van der Waals surface area contributed by atoms with Crippen LogP contribution in [-0.4, -0.2) is 34.2 Å². The van der Waals surface area contributed by atoms with E-state index in [4.69, 9.17) is 10.8 Å². The van der Waals surface area contributed by atoms with Gasteiger partial charge in [0.2, 0.25) is 0 Å². The summed E-state index contributed by atoms with van der Waals surface area (Å²) in [4.78, 5) is 16.4. The zero-order valence-electron chi connectivity index (χ0n) is 11.1. The van der Waals surface area contributed by atoms with Crippen molar-refractivity contribution in [3.8, 4) is 0 Å². The fourth-order valence-corrected chi connectivity index (χ4v) is 2.59. The Bertz CT molecular complexity index is 411. The standard InChI is InChI=1S/C14H21N3O2/c15-13-5-4-12(10-16-13)3-1-2-11-6-8-17(9-7-11)14(18)19/h4-5,10-11H,1-3,6-9H2,(H2,15,16)(H,18,19). The number of aromatic nitrogens is 1. The van der Waals surface area contributed by atoms with Crippen molar-refractivity contribution >= 4 is 11.9 Å². The van der Waals surface area contributed by atoms with Gasteiger partial charge in [-0.25, -0.2) is 9.78 Å². The van der Waals surface area contributed by atoms with Crippen molar-refractivity contribution in [2.75, 3.05) is 18.8 Å². The molecular weight excluding hydrogens is 242 g/mol. The van der Waals surface area contributed by atoms with Crippen LogP contribution in [0.2, 0.25) is 0 Å². The first-order chi connectivity index (χ1) is 9.15. The number of anilines is 1. The van der Waals surface area contributed by atoms with Gasteiger partial charge in [0.05, 0.1) is 0 Å². The third-order valence-corrected chi connectivity index (χ3v) is 3.81. The number of nitrogens with two attached hydrogens (primary N) is 1. The molecule has 0 aliphatic carbocycles. The van der Waals surface area contributed by atoms with Gasteiger partial charge < -0.3 is 15.7 Å². The molecule has 0 aromatic carbocycles. The largest absolute Gasteiger partial charge is 0.465 e. The van der Waals surface area contributed by atoms with Crippen LogP contribution in [0.3, 0.4) is 0 Å². The number of hydrogen-bond acceptors (Lipinski definition) is 3. The number of likely N-dealkylation sites (tertiary alicyclic amines) is 1. The number of nitrogens with zero attached hydrogens (tertiary/aromatic N) is 2. The van der Waals surface area contributed by atoms with Gasteiger partial charge >= 0.3 is 6.09 Å². The molecule has 1 aromatic rings. The fourth-order valence-electron chi connectivity index (χ4n) is 2.59. The van der Waals surface area contributed by atoms with Crippen molar-refractivity contribution in [3.05, 3.63) is 23.9 Å². The predicted molar refractivity (Wildman–Crippen MR) is 73.9 cm³/mol. The van der Waals surface area contributed by atoms with Crippen molar-refractivity contribution in [3.63, 3.8) is 0 Å². The second kappa shape index (κ2) is 6.41. The molecule has 2 heterocycles. The molecule has 0 radical (unpaired) electrons. The Kier molecular flexibility index (Phi) is 4.60. The minimum absolute atomic E-state index is 0.560. The number of piperidine rings is 1. The molecule has 3 N–H and O–H groups in total. The molecule has 0 unspecified atom stereocenters. The lowest BCUT2D eigenvalue weighted by Gasteiger charge is -2.29. The van der Waals surface area contributed by atoms with Gasteiger partial charge in [0, 0.05) is 19.3 Å². The summed E-state index contributed by atoms with van der Waals surface area (Å²) in [7, 11) is 0. The highest BCUT2D eigenvalue weighted by Gasteiger charge is 2.21. The summed E-state index contributed by atoms with van der Waals surface area (Å²) in [6, 6.07) is 3.86. The van der Waals surface area contributed by atoms with E-state index in [1.54, 1.807) is 0 Å². The Labute approximate surface area is 113 Å². The summed E-state index contributed by atoms with van der Waals surface area (Å²) >= 11 is 0. The average molecular weight is 263 g/mol. The lowest BCUT2D eigenvalue weighted by Crippen LogP contribution is -2.37. The van der Waals surface area contributed by atoms with Crippen LogP contribution in [0, 0.1) is 5.92 Å². The fraction of sp³-hybridized carbons (Fsp3) is 0.571. The molecule has 19 heavy (non-hydrogen) atoms. The van der Waals surface area contributed by atoms with E-state index in [0.29, 0.717) is 24.8 Å². The van der Waals surface area contributed by atoms with Gasteiger partial charge in [0.1, 0.15) is 5.82 Å². The van der Waals surface area contributed by atoms with Crippen LogP contribution >= 0.6 is 0 Å². The number of aryl methyl sites for hydroxylation is 1. The summed E-state index contributed by atoms with van der Waals surface area (Å²) in [5.41, 5.74) is 6.77. The SMILES string of the molecule is Nc1ccc(CCCC2CCN(C(=O)O)CC2)cn1. The summed E-state index contributed by atoms with van der Waals surface area (Å²) in [5, 5.41) is 8.88. The summed E-state index contributed by atoms with van der Waals surface area (Å²) in [5.74, 6) is 1.22. The lowest BCUT2D eigenvalue weighted by atomic mass is 9.91. The summed E-state index contributed by atoms with van der Waals surface area (Å²) < 4.78 is 0. The van der Waals surface area contributed by atoms with Gasteiger partial charge in [0.25, 0.3) is 0 Å². The zero-order chi connectivity index (χ0) is 13.7. The third-order valence-electron chi connectivity index (χ3n) is 3.81. The monoisotopic (exact) mass is 263 g/mol. The van der Waals surface area contributed by atoms with Gasteiger partial charge in [-0.1, -0.05) is 6.07 Å². The second-order valence-electron chi connectivity index (χ2n) is 5.20. The van der Waals surface area contributed by atoms with Gasteiger partial charge in [-0.3, -0.25) is 0 Å². The van der Waals surface area contributed by atoms with Crippen molar-refractivity contribution < 1.29 is 9.90 Å². The van der Waals surface area contributed by atoms with Crippen LogP contribution in [0.4, 0.5) is 10.6 Å². The Morgan fingerprint density at radius 1 is 1.42 bits per heavy atom. The van der Waals surface area contributed by atoms with Crippen molar-refractivity contribution in [1.29, 1.82) is 0 Å². The second-order valence-corrected chi connectivity index (χ2v) is 5.20. The molecule has 5 heteroatoms. The van der Waals surface area contributed by atoms with E-state index >= 15 is 0 Å². The first-order valence-corrected chi connectivity index (χ1v) is 6.83. The molecule has 5 nitrogen and oxygen atoms in total. The molecule has 1 aliphatic heterocycles. The first-order valence-electron chi connectivity index (χ1n) is 6.83. The summed E-state index contributed by atoms with van der Waals surface area (Å²) in [6.07, 6.45) is 6.35. The number of nitrogen functional groups attached to an aromatic ring is 1. The average Bonchev–Trinajstić information content (AvgIpc) is 2.41. The van der Waals surface area contributed by atoms with Crippen molar-refractivity contribution in [1.82, 2.24) is 9.88 Å². The highest BCUT2D eigenvalue weighted by atomic mass is 16.4. The minimum Gasteiger partial charge on any atom is -0.465 e. The van der Waals surface area contributed by atoms with E-state index in [1.165, 1.54) is 10.5 Å². The number of hydrogen-bond donors (Lipinski definition) is 2. The molecule has 0 bridgehead atoms. The number of rotatable bonds is 4. The Balaban J connectivity index is 1.67. The van der Waals surface area contributed by atoms with Gasteiger partial charge in [0.15, 0.2) is 0 Å². The van der Waals surface area contributed by atoms with Gasteiger partial charge in [-0.05, 0) is 49.7 Å². The van der Waals surface area contributed by atoms with Crippen LogP contribution in [0.15, 0.2) is 18.3 Å². The Morgan fingerprint density at radius 2 is 2.16 bits per heavy atom. The Morgan fingerprint density at radius 3 is 2.74 bits per heavy atom. The van der Waals surface area contributed by atoms with Gasteiger partial charge in [-0.15, -0.1) is 0 Å². The molecule has 1 saturated heterocycles. The van der Waals surface area contributed by atoms with Crippen LogP contribution in [0.1, 0.15) is 31.2 Å². The lowest BCUT2D eigenvalue weighted by molar-refractivity contribution is 0.123. The normalized spacial score (nSPS) is 16.5. The van der Waals surface area contributed by atoms with Crippen LogP contribution < -0.4 is 5.73 Å². The molecular formula is C14H21N3O2. The predicted octanol–water partition coefficient (Wildman–Crippen LogP) is 2.38. The van der Waals surface area contributed by atoms with Crippen molar-refractivity contribution in [2.24, 2.45) is 5.92 Å². The van der Waals surface area contributed by atoms with Crippen LogP contribution in [0.25, 0.3) is 0 Å². The van der Waals surface area contributed by atoms with E-state index < -0.39 is 6.09 Å². The quantitative estimate of drug-likeness (QED) is 0.874. The Hall–Kier alpha value is -1.78. The molecule has 0 spiro atoms. The summed E-state index contributed by atoms with van der Waals surface area (Å²) in [6.45, 7) is 1.37. The number of amides is 1. The maximum Gasteiger partial charge on any atom is 0.407 e. The van der Waals surface area contributed by atoms with Crippen LogP contribution in [-0.2, 0) is 6.42 Å². The smallest absolute Gasteiger partial charge is 0.407 e. The third kappa shape index (κ3) is 4.12. The molecule has 1 amide bonds. The van der Waals surface area contributed by atoms with Crippen LogP contribution in [0.5, 0.6) is 0 Å². The van der Waals surface area contributed by atoms with E-state index in [-0.39, 0.29) is 0 Å². The number of carbonyl (C=O) groups is 1. The molecule has 104 valence electrons. The minimum atomic E-state index is -0.786. The molecule has 0 saturated carbocycles. The molecule has 0 atom stereocenters. The maximum absolute atomic E-state index is 10.8. The van der Waals surface area contributed by atoms with E-state index in [9.17, 15) is 4.79 Å². The topological polar surface area (TPSA) is 79.5 Å². The van der Waals surface area contributed by atoms with E-state index in [2.05, 4.69) is 4.98 Å². The maximum atomic E-state index is 10.8. The first kappa shape index (κ1) is 13.6. The number of pyridine rings is 1. The van der Waals surface area contributed by atoms with E-state index in [0.717, 1.165) is 32.1 Å². The van der Waals surface area contributed by atoms with E-state index in [1.807, 2.05) is 18.3 Å². The molecule has 1 fully saturated rings. The zero-order valence-corrected chi connectivity index (χ0v) is 11.1. The molecule has 1 aromatic heterocycles. The van der Waals surface area contributed by atoms with Crippen molar-refractivity contribution in [2.45, 2.75) is 32.1 Å². The van der Waals surface area contributed by atoms with Gasteiger partial charge in [-0.2, -0.15) is 0 Å². The molecule has 1 aliphatic rings. The highest BCUT2D eigenvalue weighted by molar-refractivity contribution is 5.64. The number of carboxylic acid groups (broad SMARTS) is 1. The highest BCUT2D eigenvalue weighted by Crippen LogP contribution is 2.22.